The number of ether oxygens (including phenoxy) is 1. The van der Waals surface area contributed by atoms with E-state index in [1.807, 2.05) is 30.3 Å². The first-order chi connectivity index (χ1) is 9.63. The van der Waals surface area contributed by atoms with Crippen LogP contribution in [0.15, 0.2) is 54.6 Å². The molecular weight excluding hydrogens is 258 g/mol. The molecule has 5 heteroatoms. The first-order valence-corrected chi connectivity index (χ1v) is 5.98. The van der Waals surface area contributed by atoms with E-state index in [-0.39, 0.29) is 0 Å². The summed E-state index contributed by atoms with van der Waals surface area (Å²) in [6.07, 6.45) is -0.566. The average Bonchev–Trinajstić information content (AvgIpc) is 2.39. The summed E-state index contributed by atoms with van der Waals surface area (Å²) in [7, 11) is 0. The third-order valence-electron chi connectivity index (χ3n) is 2.41. The van der Waals surface area contributed by atoms with Crippen molar-refractivity contribution >= 4 is 17.6 Å². The summed E-state index contributed by atoms with van der Waals surface area (Å²) in [5, 5.41) is 11.0. The highest BCUT2D eigenvalue weighted by Gasteiger charge is 2.08. The lowest BCUT2D eigenvalue weighted by Crippen LogP contribution is -2.15. The molecule has 0 saturated carbocycles. The molecule has 0 aliphatic carbocycles. The Morgan fingerprint density at radius 3 is 2.40 bits per heavy atom. The van der Waals surface area contributed by atoms with E-state index in [9.17, 15) is 9.59 Å². The molecule has 2 rings (SSSR count). The topological polar surface area (TPSA) is 75.6 Å². The summed E-state index contributed by atoms with van der Waals surface area (Å²) >= 11 is 0. The first kappa shape index (κ1) is 13.6. The van der Waals surface area contributed by atoms with Crippen molar-refractivity contribution in [3.8, 4) is 11.5 Å². The number of aliphatic carboxylic acids is 1. The molecular formula is C15H13NO4. The molecule has 0 saturated heterocycles. The maximum Gasteiger partial charge on any atom is 0.312 e. The number of hydrogen-bond donors (Lipinski definition) is 2. The minimum Gasteiger partial charge on any atom is -0.481 e. The van der Waals surface area contributed by atoms with Gasteiger partial charge in [0.1, 0.15) is 17.9 Å². The Labute approximate surface area is 115 Å². The quantitative estimate of drug-likeness (QED) is 0.820. The Balaban J connectivity index is 2.04. The summed E-state index contributed by atoms with van der Waals surface area (Å²) in [6, 6.07) is 16.0. The lowest BCUT2D eigenvalue weighted by molar-refractivity contribution is -0.139. The minimum absolute atomic E-state index is 0.490. The van der Waals surface area contributed by atoms with Crippen molar-refractivity contribution in [2.45, 2.75) is 6.42 Å². The number of amides is 1. The third kappa shape index (κ3) is 4.13. The van der Waals surface area contributed by atoms with Crippen LogP contribution in [0.3, 0.4) is 0 Å². The Morgan fingerprint density at radius 2 is 1.70 bits per heavy atom. The molecule has 0 unspecified atom stereocenters. The van der Waals surface area contributed by atoms with Crippen molar-refractivity contribution in [2.75, 3.05) is 5.32 Å². The van der Waals surface area contributed by atoms with Gasteiger partial charge in [0.25, 0.3) is 0 Å². The Kier molecular flexibility index (Phi) is 4.34. The number of carboxylic acids is 1. The molecule has 0 heterocycles. The van der Waals surface area contributed by atoms with Gasteiger partial charge in [-0.1, -0.05) is 24.3 Å². The van der Waals surface area contributed by atoms with Gasteiger partial charge in [-0.05, 0) is 24.3 Å². The number of carboxylic acid groups (broad SMARTS) is 1. The molecule has 2 aromatic rings. The molecule has 2 aromatic carbocycles. The van der Waals surface area contributed by atoms with E-state index in [0.29, 0.717) is 17.2 Å². The van der Waals surface area contributed by atoms with E-state index in [0.717, 1.165) is 0 Å². The Morgan fingerprint density at radius 1 is 1.00 bits per heavy atom. The van der Waals surface area contributed by atoms with Crippen molar-refractivity contribution in [3.05, 3.63) is 54.6 Å². The molecule has 0 bridgehead atoms. The van der Waals surface area contributed by atoms with Gasteiger partial charge in [-0.15, -0.1) is 0 Å². The second kappa shape index (κ2) is 6.38. The molecule has 20 heavy (non-hydrogen) atoms. The smallest absolute Gasteiger partial charge is 0.312 e. The molecule has 0 aliphatic heterocycles. The van der Waals surface area contributed by atoms with Crippen LogP contribution in [0.2, 0.25) is 0 Å². The fourth-order valence-corrected chi connectivity index (χ4v) is 1.60. The highest BCUT2D eigenvalue weighted by molar-refractivity contribution is 6.01. The highest BCUT2D eigenvalue weighted by atomic mass is 16.5. The average molecular weight is 271 g/mol. The SMILES string of the molecule is O=C(O)CC(=O)Nc1cccc(Oc2ccccc2)c1. The molecule has 0 spiro atoms. The Hall–Kier alpha value is -2.82. The molecule has 0 aromatic heterocycles. The van der Waals surface area contributed by atoms with Gasteiger partial charge in [-0.2, -0.15) is 0 Å². The maximum absolute atomic E-state index is 11.4. The van der Waals surface area contributed by atoms with Crippen LogP contribution in [0.5, 0.6) is 11.5 Å². The maximum atomic E-state index is 11.4. The normalized spacial score (nSPS) is 9.80. The van der Waals surface area contributed by atoms with Crippen molar-refractivity contribution in [3.63, 3.8) is 0 Å². The molecule has 0 radical (unpaired) electrons. The van der Waals surface area contributed by atoms with Gasteiger partial charge >= 0.3 is 5.97 Å². The number of para-hydroxylation sites is 1. The van der Waals surface area contributed by atoms with E-state index in [1.165, 1.54) is 0 Å². The summed E-state index contributed by atoms with van der Waals surface area (Å²) in [5.41, 5.74) is 0.490. The molecule has 2 N–H and O–H groups in total. The van der Waals surface area contributed by atoms with Crippen LogP contribution in [0.1, 0.15) is 6.42 Å². The molecule has 0 fully saturated rings. The van der Waals surface area contributed by atoms with Crippen molar-refractivity contribution in [1.29, 1.82) is 0 Å². The third-order valence-corrected chi connectivity index (χ3v) is 2.41. The summed E-state index contributed by atoms with van der Waals surface area (Å²) in [5.74, 6) is -0.501. The number of benzene rings is 2. The molecule has 5 nitrogen and oxygen atoms in total. The van der Waals surface area contributed by atoms with Crippen molar-refractivity contribution in [2.24, 2.45) is 0 Å². The number of carbonyl (C=O) groups is 2. The van der Waals surface area contributed by atoms with Crippen LogP contribution in [0.25, 0.3) is 0 Å². The van der Waals surface area contributed by atoms with E-state index in [4.69, 9.17) is 9.84 Å². The summed E-state index contributed by atoms with van der Waals surface area (Å²) in [6.45, 7) is 0. The second-order valence-electron chi connectivity index (χ2n) is 4.06. The van der Waals surface area contributed by atoms with E-state index in [2.05, 4.69) is 5.32 Å². The van der Waals surface area contributed by atoms with Gasteiger partial charge in [0, 0.05) is 11.8 Å². The van der Waals surface area contributed by atoms with Gasteiger partial charge in [0.05, 0.1) is 0 Å². The van der Waals surface area contributed by atoms with Gasteiger partial charge in [0.15, 0.2) is 0 Å². The number of hydrogen-bond acceptors (Lipinski definition) is 3. The van der Waals surface area contributed by atoms with Gasteiger partial charge in [-0.3, -0.25) is 9.59 Å². The van der Waals surface area contributed by atoms with Crippen molar-refractivity contribution in [1.82, 2.24) is 0 Å². The first-order valence-electron chi connectivity index (χ1n) is 5.98. The fraction of sp³-hybridized carbons (Fsp3) is 0.0667. The van der Waals surface area contributed by atoms with Crippen molar-refractivity contribution < 1.29 is 19.4 Å². The predicted octanol–water partition coefficient (Wildman–Crippen LogP) is 2.89. The molecule has 1 amide bonds. The predicted molar refractivity (Wildman–Crippen MR) is 73.8 cm³/mol. The molecule has 0 atom stereocenters. The highest BCUT2D eigenvalue weighted by Crippen LogP contribution is 2.23. The van der Waals surface area contributed by atoms with E-state index >= 15 is 0 Å². The van der Waals surface area contributed by atoms with Gasteiger partial charge in [0.2, 0.25) is 5.91 Å². The zero-order chi connectivity index (χ0) is 14.4. The summed E-state index contributed by atoms with van der Waals surface area (Å²) < 4.78 is 5.61. The summed E-state index contributed by atoms with van der Waals surface area (Å²) in [4.78, 5) is 21.8. The number of anilines is 1. The number of carbonyl (C=O) groups excluding carboxylic acids is 1. The largest absolute Gasteiger partial charge is 0.481 e. The monoisotopic (exact) mass is 271 g/mol. The van der Waals surface area contributed by atoms with E-state index in [1.54, 1.807) is 24.3 Å². The van der Waals surface area contributed by atoms with Gasteiger partial charge in [-0.25, -0.2) is 0 Å². The van der Waals surface area contributed by atoms with Crippen LogP contribution in [-0.2, 0) is 9.59 Å². The Bertz CT molecular complexity index is 610. The van der Waals surface area contributed by atoms with Crippen LogP contribution >= 0.6 is 0 Å². The minimum atomic E-state index is -1.17. The van der Waals surface area contributed by atoms with Crippen LogP contribution in [0, 0.1) is 0 Å². The lowest BCUT2D eigenvalue weighted by Gasteiger charge is -2.08. The van der Waals surface area contributed by atoms with Crippen LogP contribution in [-0.4, -0.2) is 17.0 Å². The standard InChI is InChI=1S/C15H13NO4/c17-14(10-15(18)19)16-11-5-4-8-13(9-11)20-12-6-2-1-3-7-12/h1-9H,10H2,(H,16,17)(H,18,19). The van der Waals surface area contributed by atoms with Crippen LogP contribution < -0.4 is 10.1 Å². The zero-order valence-electron chi connectivity index (χ0n) is 10.6. The number of rotatable bonds is 5. The molecule has 102 valence electrons. The van der Waals surface area contributed by atoms with Crippen LogP contribution in [0.4, 0.5) is 5.69 Å². The fourth-order valence-electron chi connectivity index (χ4n) is 1.60. The lowest BCUT2D eigenvalue weighted by atomic mass is 10.3. The second-order valence-corrected chi connectivity index (χ2v) is 4.06. The zero-order valence-corrected chi connectivity index (χ0v) is 10.6. The molecule has 0 aliphatic rings. The van der Waals surface area contributed by atoms with E-state index < -0.39 is 18.3 Å². The van der Waals surface area contributed by atoms with Gasteiger partial charge < -0.3 is 15.2 Å². The number of nitrogens with one attached hydrogen (secondary N) is 1.